The first-order valence-electron chi connectivity index (χ1n) is 7.21. The van der Waals surface area contributed by atoms with Gasteiger partial charge in [0.1, 0.15) is 5.75 Å². The van der Waals surface area contributed by atoms with Crippen LogP contribution >= 0.6 is 0 Å². The molecule has 0 atom stereocenters. The Bertz CT molecular complexity index is 477. The molecule has 1 saturated heterocycles. The van der Waals surface area contributed by atoms with Crippen LogP contribution in [0.1, 0.15) is 19.4 Å². The van der Waals surface area contributed by atoms with Crippen LogP contribution in [0.15, 0.2) is 18.2 Å². The molecule has 0 radical (unpaired) electrons. The largest absolute Gasteiger partial charge is 0.496 e. The third-order valence-electron chi connectivity index (χ3n) is 3.84. The lowest BCUT2D eigenvalue weighted by Gasteiger charge is -2.37. The smallest absolute Gasteiger partial charge is 0.225 e. The lowest BCUT2D eigenvalue weighted by molar-refractivity contribution is -0.134. The zero-order valence-electron chi connectivity index (χ0n) is 12.8. The van der Waals surface area contributed by atoms with Gasteiger partial charge in [0.15, 0.2) is 0 Å². The van der Waals surface area contributed by atoms with E-state index in [0.29, 0.717) is 0 Å². The van der Waals surface area contributed by atoms with Crippen molar-refractivity contribution in [1.29, 1.82) is 0 Å². The number of anilines is 1. The van der Waals surface area contributed by atoms with E-state index in [0.717, 1.165) is 37.5 Å². The number of piperazine rings is 1. The molecule has 1 aliphatic heterocycles. The number of rotatable bonds is 3. The van der Waals surface area contributed by atoms with Crippen molar-refractivity contribution in [2.45, 2.75) is 20.8 Å². The molecule has 1 heterocycles. The van der Waals surface area contributed by atoms with Crippen LogP contribution in [0.2, 0.25) is 0 Å². The molecule has 110 valence electrons. The fraction of sp³-hybridized carbons (Fsp3) is 0.562. The van der Waals surface area contributed by atoms with E-state index < -0.39 is 0 Å². The molecule has 0 aliphatic carbocycles. The van der Waals surface area contributed by atoms with Crippen LogP contribution in [0.3, 0.4) is 0 Å². The summed E-state index contributed by atoms with van der Waals surface area (Å²) in [5, 5.41) is 0. The number of hydrogen-bond donors (Lipinski definition) is 0. The highest BCUT2D eigenvalue weighted by molar-refractivity contribution is 5.78. The summed E-state index contributed by atoms with van der Waals surface area (Å²) in [6.07, 6.45) is 0. The van der Waals surface area contributed by atoms with Gasteiger partial charge in [-0.25, -0.2) is 0 Å². The van der Waals surface area contributed by atoms with Crippen LogP contribution in [0.4, 0.5) is 5.69 Å². The van der Waals surface area contributed by atoms with Crippen molar-refractivity contribution in [2.24, 2.45) is 5.92 Å². The molecule has 1 aromatic carbocycles. The van der Waals surface area contributed by atoms with Crippen molar-refractivity contribution in [3.63, 3.8) is 0 Å². The molecule has 0 aromatic heterocycles. The van der Waals surface area contributed by atoms with Crippen molar-refractivity contribution in [3.05, 3.63) is 23.8 Å². The second-order valence-electron chi connectivity index (χ2n) is 5.62. The Morgan fingerprint density at radius 3 is 2.40 bits per heavy atom. The lowest BCUT2D eigenvalue weighted by Crippen LogP contribution is -2.49. The molecule has 0 bridgehead atoms. The number of hydrogen-bond acceptors (Lipinski definition) is 3. The van der Waals surface area contributed by atoms with E-state index in [1.165, 1.54) is 5.69 Å². The summed E-state index contributed by atoms with van der Waals surface area (Å²) < 4.78 is 5.38. The number of methoxy groups -OCH3 is 1. The molecular formula is C16H24N2O2. The molecular weight excluding hydrogens is 252 g/mol. The van der Waals surface area contributed by atoms with E-state index in [4.69, 9.17) is 4.74 Å². The Kier molecular flexibility index (Phi) is 4.53. The fourth-order valence-corrected chi connectivity index (χ4v) is 2.56. The van der Waals surface area contributed by atoms with Gasteiger partial charge in [-0.3, -0.25) is 4.79 Å². The van der Waals surface area contributed by atoms with Gasteiger partial charge in [0.05, 0.1) is 7.11 Å². The van der Waals surface area contributed by atoms with E-state index in [-0.39, 0.29) is 11.8 Å². The number of ether oxygens (including phenoxy) is 1. The fourth-order valence-electron chi connectivity index (χ4n) is 2.56. The van der Waals surface area contributed by atoms with Crippen LogP contribution in [-0.2, 0) is 4.79 Å². The number of benzene rings is 1. The topological polar surface area (TPSA) is 32.8 Å². The maximum atomic E-state index is 12.0. The number of aryl methyl sites for hydroxylation is 1. The molecule has 0 saturated carbocycles. The van der Waals surface area contributed by atoms with E-state index in [1.54, 1.807) is 7.11 Å². The highest BCUT2D eigenvalue weighted by Gasteiger charge is 2.23. The van der Waals surface area contributed by atoms with E-state index in [1.807, 2.05) is 25.7 Å². The van der Waals surface area contributed by atoms with Crippen molar-refractivity contribution in [1.82, 2.24) is 4.90 Å². The molecule has 1 aliphatic rings. The van der Waals surface area contributed by atoms with Gasteiger partial charge in [0.25, 0.3) is 0 Å². The quantitative estimate of drug-likeness (QED) is 0.849. The summed E-state index contributed by atoms with van der Waals surface area (Å²) in [6.45, 7) is 9.32. The molecule has 0 spiro atoms. The Balaban J connectivity index is 2.02. The second kappa shape index (κ2) is 6.16. The van der Waals surface area contributed by atoms with Gasteiger partial charge in [-0.15, -0.1) is 0 Å². The SMILES string of the molecule is COc1cc(N2CCN(C(=O)C(C)C)CC2)ccc1C. The maximum Gasteiger partial charge on any atom is 0.225 e. The number of carbonyl (C=O) groups excluding carboxylic acids is 1. The number of nitrogens with zero attached hydrogens (tertiary/aromatic N) is 2. The standard InChI is InChI=1S/C16H24N2O2/c1-12(2)16(19)18-9-7-17(8-10-18)14-6-5-13(3)15(11-14)20-4/h5-6,11-12H,7-10H2,1-4H3. The van der Waals surface area contributed by atoms with Gasteiger partial charge in [0, 0.05) is 43.9 Å². The maximum absolute atomic E-state index is 12.0. The minimum absolute atomic E-state index is 0.0843. The van der Waals surface area contributed by atoms with Gasteiger partial charge >= 0.3 is 0 Å². The molecule has 1 amide bonds. The third kappa shape index (κ3) is 3.06. The van der Waals surface area contributed by atoms with Crippen molar-refractivity contribution < 1.29 is 9.53 Å². The third-order valence-corrected chi connectivity index (χ3v) is 3.84. The molecule has 0 N–H and O–H groups in total. The van der Waals surface area contributed by atoms with Crippen LogP contribution in [0.5, 0.6) is 5.75 Å². The first-order valence-corrected chi connectivity index (χ1v) is 7.21. The summed E-state index contributed by atoms with van der Waals surface area (Å²) in [6, 6.07) is 6.28. The molecule has 1 aromatic rings. The van der Waals surface area contributed by atoms with Crippen molar-refractivity contribution >= 4 is 11.6 Å². The molecule has 2 rings (SSSR count). The van der Waals surface area contributed by atoms with Crippen LogP contribution < -0.4 is 9.64 Å². The first kappa shape index (κ1) is 14.7. The van der Waals surface area contributed by atoms with Crippen LogP contribution in [0, 0.1) is 12.8 Å². The average molecular weight is 276 g/mol. The van der Waals surface area contributed by atoms with E-state index in [9.17, 15) is 4.79 Å². The molecule has 4 nitrogen and oxygen atoms in total. The number of amides is 1. The minimum Gasteiger partial charge on any atom is -0.496 e. The zero-order chi connectivity index (χ0) is 14.7. The predicted octanol–water partition coefficient (Wildman–Crippen LogP) is 2.31. The van der Waals surface area contributed by atoms with Crippen LogP contribution in [-0.4, -0.2) is 44.1 Å². The van der Waals surface area contributed by atoms with Crippen molar-refractivity contribution in [2.75, 3.05) is 38.2 Å². The monoisotopic (exact) mass is 276 g/mol. The first-order chi connectivity index (χ1) is 9.52. The Morgan fingerprint density at radius 2 is 1.85 bits per heavy atom. The molecule has 0 unspecified atom stereocenters. The lowest BCUT2D eigenvalue weighted by atomic mass is 10.1. The van der Waals surface area contributed by atoms with Gasteiger partial charge < -0.3 is 14.5 Å². The van der Waals surface area contributed by atoms with Gasteiger partial charge in [-0.05, 0) is 18.6 Å². The average Bonchev–Trinajstić information content (AvgIpc) is 2.47. The summed E-state index contributed by atoms with van der Waals surface area (Å²) in [5.41, 5.74) is 2.31. The Labute approximate surface area is 121 Å². The minimum atomic E-state index is 0.0843. The molecule has 4 heteroatoms. The van der Waals surface area contributed by atoms with Gasteiger partial charge in [0.2, 0.25) is 5.91 Å². The highest BCUT2D eigenvalue weighted by Crippen LogP contribution is 2.25. The second-order valence-corrected chi connectivity index (χ2v) is 5.62. The molecule has 1 fully saturated rings. The van der Waals surface area contributed by atoms with Gasteiger partial charge in [-0.1, -0.05) is 19.9 Å². The summed E-state index contributed by atoms with van der Waals surface area (Å²) in [7, 11) is 1.70. The zero-order valence-corrected chi connectivity index (χ0v) is 12.8. The Morgan fingerprint density at radius 1 is 1.20 bits per heavy atom. The molecule has 20 heavy (non-hydrogen) atoms. The van der Waals surface area contributed by atoms with Gasteiger partial charge in [-0.2, -0.15) is 0 Å². The van der Waals surface area contributed by atoms with Crippen molar-refractivity contribution in [3.8, 4) is 5.75 Å². The normalized spacial score (nSPS) is 15.7. The van der Waals surface area contributed by atoms with E-state index in [2.05, 4.69) is 23.1 Å². The number of carbonyl (C=O) groups is 1. The highest BCUT2D eigenvalue weighted by atomic mass is 16.5. The predicted molar refractivity (Wildman–Crippen MR) is 81.4 cm³/mol. The summed E-state index contributed by atoms with van der Waals surface area (Å²) in [4.78, 5) is 16.2. The summed E-state index contributed by atoms with van der Waals surface area (Å²) >= 11 is 0. The van der Waals surface area contributed by atoms with E-state index >= 15 is 0 Å². The summed E-state index contributed by atoms with van der Waals surface area (Å²) in [5.74, 6) is 1.26. The Hall–Kier alpha value is -1.71. The van der Waals surface area contributed by atoms with Crippen LogP contribution in [0.25, 0.3) is 0 Å².